The normalized spacial score (nSPS) is 15.2. The molecule has 7 heteroatoms. The van der Waals surface area contributed by atoms with E-state index in [0.29, 0.717) is 19.5 Å². The van der Waals surface area contributed by atoms with Gasteiger partial charge in [0, 0.05) is 18.0 Å². The topological polar surface area (TPSA) is 39.9 Å². The van der Waals surface area contributed by atoms with Crippen molar-refractivity contribution in [2.45, 2.75) is 12.6 Å². The number of pyridine rings is 1. The molecule has 0 unspecified atom stereocenters. The Kier molecular flexibility index (Phi) is 4.09. The van der Waals surface area contributed by atoms with E-state index in [9.17, 15) is 13.2 Å². The molecule has 0 aliphatic carbocycles. The first-order valence-electron chi connectivity index (χ1n) is 6.95. The first-order chi connectivity index (χ1) is 11.0. The van der Waals surface area contributed by atoms with Gasteiger partial charge in [-0.1, -0.05) is 12.1 Å². The Morgan fingerprint density at radius 3 is 2.65 bits per heavy atom. The third-order valence-corrected chi connectivity index (χ3v) is 4.58. The summed E-state index contributed by atoms with van der Waals surface area (Å²) < 4.78 is 38.5. The largest absolute Gasteiger partial charge is 0.433 e. The molecule has 0 atom stereocenters. The van der Waals surface area contributed by atoms with Gasteiger partial charge in [-0.15, -0.1) is 11.3 Å². The van der Waals surface area contributed by atoms with Crippen LogP contribution in [-0.4, -0.2) is 18.1 Å². The van der Waals surface area contributed by atoms with Gasteiger partial charge in [-0.25, -0.2) is 4.98 Å². The first-order valence-corrected chi connectivity index (χ1v) is 7.83. The number of alkyl halides is 3. The summed E-state index contributed by atoms with van der Waals surface area (Å²) in [6.45, 7) is 0.975. The number of rotatable bonds is 2. The quantitative estimate of drug-likeness (QED) is 0.820. The van der Waals surface area contributed by atoms with E-state index in [-0.39, 0.29) is 11.4 Å². The van der Waals surface area contributed by atoms with E-state index in [0.717, 1.165) is 6.07 Å². The van der Waals surface area contributed by atoms with E-state index in [1.165, 1.54) is 16.5 Å². The molecule has 1 aliphatic heterocycles. The molecule has 0 saturated heterocycles. The lowest BCUT2D eigenvalue weighted by atomic mass is 10.1. The average Bonchev–Trinajstić information content (AvgIpc) is 3.08. The van der Waals surface area contributed by atoms with E-state index in [2.05, 4.69) is 4.98 Å². The summed E-state index contributed by atoms with van der Waals surface area (Å²) in [4.78, 5) is 6.56. The molecule has 3 heterocycles. The van der Waals surface area contributed by atoms with Gasteiger partial charge in [0.25, 0.3) is 0 Å². The molecule has 0 aromatic carbocycles. The highest BCUT2D eigenvalue weighted by atomic mass is 32.1. The lowest BCUT2D eigenvalue weighted by Crippen LogP contribution is -2.30. The predicted molar refractivity (Wildman–Crippen MR) is 83.1 cm³/mol. The lowest BCUT2D eigenvalue weighted by molar-refractivity contribution is -0.141. The number of aromatic nitrogens is 1. The molecule has 118 valence electrons. The van der Waals surface area contributed by atoms with E-state index < -0.39 is 11.9 Å². The molecule has 1 aliphatic rings. The van der Waals surface area contributed by atoms with Crippen molar-refractivity contribution in [3.8, 4) is 6.07 Å². The van der Waals surface area contributed by atoms with Gasteiger partial charge in [0.05, 0.1) is 5.56 Å². The zero-order chi connectivity index (χ0) is 16.4. The Balaban J connectivity index is 1.89. The Morgan fingerprint density at radius 2 is 2.09 bits per heavy atom. The maximum atomic E-state index is 12.8. The van der Waals surface area contributed by atoms with Crippen LogP contribution in [0.15, 0.2) is 35.7 Å². The zero-order valence-corrected chi connectivity index (χ0v) is 12.8. The summed E-state index contributed by atoms with van der Waals surface area (Å²) in [5.41, 5.74) is 0.368. The second-order valence-electron chi connectivity index (χ2n) is 5.08. The second kappa shape index (κ2) is 6.05. The highest BCUT2D eigenvalue weighted by Gasteiger charge is 2.33. The van der Waals surface area contributed by atoms with Crippen LogP contribution in [0.5, 0.6) is 0 Å². The van der Waals surface area contributed by atoms with Gasteiger partial charge in [0.15, 0.2) is 0 Å². The molecule has 2 aromatic rings. The SMILES string of the molecule is N#Cc1ccc(C(F)(F)F)nc1N1CC=C(c2cccs2)CC1. The molecule has 2 aromatic heterocycles. The van der Waals surface area contributed by atoms with Crippen LogP contribution < -0.4 is 4.90 Å². The van der Waals surface area contributed by atoms with E-state index in [1.54, 1.807) is 16.2 Å². The fraction of sp³-hybridized carbons (Fsp3) is 0.250. The fourth-order valence-corrected chi connectivity index (χ4v) is 3.28. The molecular formula is C16H12F3N3S. The lowest BCUT2D eigenvalue weighted by Gasteiger charge is -2.28. The standard InChI is InChI=1S/C16H12F3N3S/c17-16(18,19)14-4-3-12(10-20)15(21-14)22-7-5-11(6-8-22)13-2-1-9-23-13/h1-5,9H,6-8H2. The van der Waals surface area contributed by atoms with Gasteiger partial charge in [-0.3, -0.25) is 0 Å². The number of nitrogens with zero attached hydrogens (tertiary/aromatic N) is 3. The minimum atomic E-state index is -4.52. The minimum Gasteiger partial charge on any atom is -0.351 e. The zero-order valence-electron chi connectivity index (χ0n) is 12.0. The smallest absolute Gasteiger partial charge is 0.351 e. The third kappa shape index (κ3) is 3.22. The Hall–Kier alpha value is -2.33. The third-order valence-electron chi connectivity index (χ3n) is 3.63. The molecule has 0 spiro atoms. The van der Waals surface area contributed by atoms with Gasteiger partial charge in [0.2, 0.25) is 0 Å². The van der Waals surface area contributed by atoms with Crippen LogP contribution in [0.25, 0.3) is 5.57 Å². The summed E-state index contributed by atoms with van der Waals surface area (Å²) in [6, 6.07) is 7.94. The van der Waals surface area contributed by atoms with Crippen LogP contribution in [-0.2, 0) is 6.18 Å². The van der Waals surface area contributed by atoms with Crippen molar-refractivity contribution in [1.29, 1.82) is 5.26 Å². The summed E-state index contributed by atoms with van der Waals surface area (Å²) >= 11 is 1.64. The molecule has 0 fully saturated rings. The maximum Gasteiger partial charge on any atom is 0.433 e. The minimum absolute atomic E-state index is 0.101. The monoisotopic (exact) mass is 335 g/mol. The number of anilines is 1. The van der Waals surface area contributed by atoms with Crippen molar-refractivity contribution in [2.75, 3.05) is 18.0 Å². The van der Waals surface area contributed by atoms with Crippen LogP contribution >= 0.6 is 11.3 Å². The summed E-state index contributed by atoms with van der Waals surface area (Å²) in [6.07, 6.45) is -1.82. The van der Waals surface area contributed by atoms with Gasteiger partial charge in [-0.2, -0.15) is 18.4 Å². The molecule has 0 bridgehead atoms. The summed E-state index contributed by atoms with van der Waals surface area (Å²) in [7, 11) is 0. The van der Waals surface area contributed by atoms with Gasteiger partial charge >= 0.3 is 6.18 Å². The van der Waals surface area contributed by atoms with Crippen molar-refractivity contribution in [3.63, 3.8) is 0 Å². The highest BCUT2D eigenvalue weighted by Crippen LogP contribution is 2.32. The molecule has 0 amide bonds. The molecule has 3 rings (SSSR count). The number of nitriles is 1. The molecule has 3 nitrogen and oxygen atoms in total. The van der Waals surface area contributed by atoms with Crippen LogP contribution in [0.1, 0.15) is 22.6 Å². The highest BCUT2D eigenvalue weighted by molar-refractivity contribution is 7.11. The molecule has 0 saturated carbocycles. The Bertz CT molecular complexity index is 773. The molecular weight excluding hydrogens is 323 g/mol. The van der Waals surface area contributed by atoms with Crippen molar-refractivity contribution in [2.24, 2.45) is 0 Å². The van der Waals surface area contributed by atoms with E-state index >= 15 is 0 Å². The van der Waals surface area contributed by atoms with Gasteiger partial charge < -0.3 is 4.90 Å². The second-order valence-corrected chi connectivity index (χ2v) is 6.03. The number of hydrogen-bond donors (Lipinski definition) is 0. The van der Waals surface area contributed by atoms with Crippen LogP contribution in [0.2, 0.25) is 0 Å². The van der Waals surface area contributed by atoms with Crippen molar-refractivity contribution in [3.05, 3.63) is 51.9 Å². The molecule has 23 heavy (non-hydrogen) atoms. The maximum absolute atomic E-state index is 12.8. The number of hydrogen-bond acceptors (Lipinski definition) is 4. The summed E-state index contributed by atoms with van der Waals surface area (Å²) in [5, 5.41) is 11.1. The van der Waals surface area contributed by atoms with Crippen LogP contribution in [0.3, 0.4) is 0 Å². The van der Waals surface area contributed by atoms with Crippen LogP contribution in [0.4, 0.5) is 19.0 Å². The van der Waals surface area contributed by atoms with E-state index in [4.69, 9.17) is 5.26 Å². The fourth-order valence-electron chi connectivity index (χ4n) is 2.48. The van der Waals surface area contributed by atoms with Gasteiger partial charge in [-0.05, 0) is 35.6 Å². The Labute approximate surface area is 135 Å². The first kappa shape index (κ1) is 15.6. The van der Waals surface area contributed by atoms with Gasteiger partial charge in [0.1, 0.15) is 17.6 Å². The number of halogens is 3. The average molecular weight is 335 g/mol. The summed E-state index contributed by atoms with van der Waals surface area (Å²) in [5.74, 6) is 0.101. The van der Waals surface area contributed by atoms with Crippen molar-refractivity contribution < 1.29 is 13.2 Å². The number of thiophene rings is 1. The van der Waals surface area contributed by atoms with Crippen LogP contribution in [0, 0.1) is 11.3 Å². The molecule has 0 N–H and O–H groups in total. The Morgan fingerprint density at radius 1 is 1.26 bits per heavy atom. The van der Waals surface area contributed by atoms with Crippen molar-refractivity contribution >= 4 is 22.7 Å². The van der Waals surface area contributed by atoms with Crippen molar-refractivity contribution in [1.82, 2.24) is 4.98 Å². The predicted octanol–water partition coefficient (Wildman–Crippen LogP) is 4.33. The van der Waals surface area contributed by atoms with E-state index in [1.807, 2.05) is 29.7 Å². The molecule has 0 radical (unpaired) electrons.